The Morgan fingerprint density at radius 3 is 2.57 bits per heavy atom. The number of hydrogen-bond acceptors (Lipinski definition) is 4. The van der Waals surface area contributed by atoms with Crippen molar-refractivity contribution in [3.8, 4) is 0 Å². The van der Waals surface area contributed by atoms with E-state index < -0.39 is 17.5 Å². The molecule has 1 aliphatic heterocycles. The molecule has 0 aromatic carbocycles. The first kappa shape index (κ1) is 17.3. The Kier molecular flexibility index (Phi) is 4.93. The number of nitrogens with zero attached hydrogens (tertiary/aromatic N) is 1. The van der Waals surface area contributed by atoms with E-state index in [1.165, 1.54) is 4.90 Å². The predicted molar refractivity (Wildman–Crippen MR) is 82.0 cm³/mol. The third-order valence-electron chi connectivity index (χ3n) is 4.75. The molecule has 8 nitrogen and oxygen atoms in total. The first-order valence-corrected chi connectivity index (χ1v) is 7.77. The fraction of sp³-hybridized carbons (Fsp3) is 0.667. The lowest BCUT2D eigenvalue weighted by Gasteiger charge is -2.42. The van der Waals surface area contributed by atoms with Crippen LogP contribution in [0.2, 0.25) is 0 Å². The van der Waals surface area contributed by atoms with Crippen LogP contribution >= 0.6 is 0 Å². The number of aliphatic hydroxyl groups is 1. The second-order valence-corrected chi connectivity index (χ2v) is 6.18. The van der Waals surface area contributed by atoms with Crippen molar-refractivity contribution in [1.29, 1.82) is 0 Å². The van der Waals surface area contributed by atoms with E-state index >= 15 is 0 Å². The largest absolute Gasteiger partial charge is 0.481 e. The van der Waals surface area contributed by atoms with Crippen LogP contribution in [0.15, 0.2) is 4.79 Å². The quantitative estimate of drug-likeness (QED) is 0.607. The van der Waals surface area contributed by atoms with Gasteiger partial charge in [-0.2, -0.15) is 0 Å². The number of likely N-dealkylation sites (tertiary alicyclic amines) is 1. The highest BCUT2D eigenvalue weighted by atomic mass is 16.4. The summed E-state index contributed by atoms with van der Waals surface area (Å²) in [5.74, 6) is -1.30. The summed E-state index contributed by atoms with van der Waals surface area (Å²) in [6, 6.07) is 0. The maximum atomic E-state index is 12.4. The molecule has 1 aromatic heterocycles. The van der Waals surface area contributed by atoms with Gasteiger partial charge in [-0.15, -0.1) is 0 Å². The third kappa shape index (κ3) is 3.17. The van der Waals surface area contributed by atoms with Gasteiger partial charge in [0, 0.05) is 24.3 Å². The first-order chi connectivity index (χ1) is 10.8. The average molecular weight is 325 g/mol. The number of H-pyrrole nitrogens is 2. The number of amides is 1. The van der Waals surface area contributed by atoms with Crippen molar-refractivity contribution in [1.82, 2.24) is 15.1 Å². The summed E-state index contributed by atoms with van der Waals surface area (Å²) >= 11 is 0. The van der Waals surface area contributed by atoms with Gasteiger partial charge in [0.15, 0.2) is 0 Å². The van der Waals surface area contributed by atoms with Gasteiger partial charge in [0.1, 0.15) is 0 Å². The Bertz CT molecular complexity index is 650. The summed E-state index contributed by atoms with van der Waals surface area (Å²) in [5.41, 5.74) is -0.549. The van der Waals surface area contributed by atoms with E-state index in [9.17, 15) is 24.6 Å². The number of rotatable bonds is 5. The van der Waals surface area contributed by atoms with Crippen LogP contribution in [0.1, 0.15) is 37.4 Å². The topological polar surface area (TPSA) is 126 Å². The smallest absolute Gasteiger partial charge is 0.312 e. The number of aryl methyl sites for hydroxylation is 1. The summed E-state index contributed by atoms with van der Waals surface area (Å²) in [6.07, 6.45) is 0.0666. The van der Waals surface area contributed by atoms with E-state index in [-0.39, 0.29) is 37.4 Å². The van der Waals surface area contributed by atoms with Crippen molar-refractivity contribution in [2.75, 3.05) is 13.1 Å². The van der Waals surface area contributed by atoms with E-state index in [4.69, 9.17) is 0 Å². The number of aromatic nitrogens is 2. The van der Waals surface area contributed by atoms with Gasteiger partial charge in [0.05, 0.1) is 17.9 Å². The van der Waals surface area contributed by atoms with E-state index in [0.717, 1.165) is 0 Å². The van der Waals surface area contributed by atoms with E-state index in [1.807, 2.05) is 6.92 Å². The average Bonchev–Trinajstić information content (AvgIpc) is 2.81. The van der Waals surface area contributed by atoms with Gasteiger partial charge in [0.25, 0.3) is 5.56 Å². The highest BCUT2D eigenvalue weighted by molar-refractivity contribution is 5.80. The lowest BCUT2D eigenvalue weighted by molar-refractivity contribution is -0.167. The second-order valence-electron chi connectivity index (χ2n) is 6.18. The highest BCUT2D eigenvalue weighted by Gasteiger charge is 2.48. The molecule has 0 bridgehead atoms. The number of aliphatic hydroxyl groups excluding tert-OH is 1. The number of aliphatic carboxylic acids is 1. The van der Waals surface area contributed by atoms with Crippen molar-refractivity contribution in [2.24, 2.45) is 5.41 Å². The molecule has 0 saturated carbocycles. The zero-order valence-corrected chi connectivity index (χ0v) is 13.4. The number of carbonyl (C=O) groups excluding carboxylic acids is 1. The van der Waals surface area contributed by atoms with Gasteiger partial charge < -0.3 is 20.2 Å². The fourth-order valence-electron chi connectivity index (χ4n) is 3.24. The molecule has 2 atom stereocenters. The molecule has 0 spiro atoms. The lowest BCUT2D eigenvalue weighted by Crippen LogP contribution is -2.56. The zero-order valence-electron chi connectivity index (χ0n) is 13.4. The Morgan fingerprint density at radius 2 is 2.09 bits per heavy atom. The van der Waals surface area contributed by atoms with Crippen molar-refractivity contribution in [3.63, 3.8) is 0 Å². The molecule has 1 fully saturated rings. The third-order valence-corrected chi connectivity index (χ3v) is 4.75. The van der Waals surface area contributed by atoms with Gasteiger partial charge >= 0.3 is 5.97 Å². The molecule has 0 radical (unpaired) electrons. The molecule has 2 rings (SSSR count). The molecule has 1 aromatic rings. The van der Waals surface area contributed by atoms with Crippen molar-refractivity contribution in [2.45, 2.75) is 45.6 Å². The van der Waals surface area contributed by atoms with Crippen molar-refractivity contribution in [3.05, 3.63) is 21.6 Å². The number of aromatic amines is 2. The SMILES string of the molecule is CCC[C@]1(C(=O)O)CCN(C(=O)Cc2c(C)[nH][nH]c2=O)C[C@H]1O. The van der Waals surface area contributed by atoms with E-state index in [0.29, 0.717) is 24.1 Å². The van der Waals surface area contributed by atoms with Crippen LogP contribution in [0, 0.1) is 12.3 Å². The molecular formula is C15H23N3O5. The van der Waals surface area contributed by atoms with Crippen LogP contribution < -0.4 is 5.56 Å². The number of β-amino-alcohol motifs (C(OH)–C–C–N with tert-alkyl or cyclic N) is 1. The van der Waals surface area contributed by atoms with Crippen LogP contribution in [-0.2, 0) is 16.0 Å². The molecule has 1 amide bonds. The predicted octanol–water partition coefficient (Wildman–Crippen LogP) is 0.0182. The van der Waals surface area contributed by atoms with E-state index in [2.05, 4.69) is 10.2 Å². The van der Waals surface area contributed by atoms with Crippen LogP contribution in [0.25, 0.3) is 0 Å². The van der Waals surface area contributed by atoms with Crippen LogP contribution in [0.5, 0.6) is 0 Å². The number of carbonyl (C=O) groups is 2. The van der Waals surface area contributed by atoms with Gasteiger partial charge in [0.2, 0.25) is 5.91 Å². The normalized spacial score (nSPS) is 24.7. The zero-order chi connectivity index (χ0) is 17.2. The lowest BCUT2D eigenvalue weighted by atomic mass is 9.72. The summed E-state index contributed by atoms with van der Waals surface area (Å²) in [4.78, 5) is 37.0. The van der Waals surface area contributed by atoms with Crippen LogP contribution in [0.3, 0.4) is 0 Å². The van der Waals surface area contributed by atoms with Crippen molar-refractivity contribution >= 4 is 11.9 Å². The standard InChI is InChI=1S/C15H23N3O5/c1-3-4-15(14(22)23)5-6-18(8-11(15)19)12(20)7-10-9(2)16-17-13(10)21/h11,19H,3-8H2,1-2H3,(H,22,23)(H2,16,17,21)/t11-,15+/m1/s1. The molecule has 2 heterocycles. The summed E-state index contributed by atoms with van der Waals surface area (Å²) in [5, 5.41) is 24.9. The molecule has 0 aliphatic carbocycles. The van der Waals surface area contributed by atoms with Gasteiger partial charge in [-0.25, -0.2) is 0 Å². The summed E-state index contributed by atoms with van der Waals surface area (Å²) in [7, 11) is 0. The summed E-state index contributed by atoms with van der Waals surface area (Å²) in [6.45, 7) is 3.81. The fourth-order valence-corrected chi connectivity index (χ4v) is 3.24. The van der Waals surface area contributed by atoms with Crippen LogP contribution in [-0.4, -0.2) is 56.4 Å². The Morgan fingerprint density at radius 1 is 1.39 bits per heavy atom. The van der Waals surface area contributed by atoms with Crippen LogP contribution in [0.4, 0.5) is 0 Å². The van der Waals surface area contributed by atoms with Crippen molar-refractivity contribution < 1.29 is 19.8 Å². The number of hydrogen-bond donors (Lipinski definition) is 4. The molecule has 1 saturated heterocycles. The molecule has 23 heavy (non-hydrogen) atoms. The number of nitrogens with one attached hydrogen (secondary N) is 2. The van der Waals surface area contributed by atoms with E-state index in [1.54, 1.807) is 6.92 Å². The summed E-state index contributed by atoms with van der Waals surface area (Å²) < 4.78 is 0. The van der Waals surface area contributed by atoms with Gasteiger partial charge in [-0.3, -0.25) is 19.5 Å². The molecule has 4 N–H and O–H groups in total. The maximum Gasteiger partial charge on any atom is 0.312 e. The maximum absolute atomic E-state index is 12.4. The minimum atomic E-state index is -1.19. The van der Waals surface area contributed by atoms with Gasteiger partial charge in [-0.1, -0.05) is 13.3 Å². The van der Waals surface area contributed by atoms with Gasteiger partial charge in [-0.05, 0) is 19.8 Å². The highest BCUT2D eigenvalue weighted by Crippen LogP contribution is 2.37. The minimum absolute atomic E-state index is 0.0213. The Labute approximate surface area is 133 Å². The molecular weight excluding hydrogens is 302 g/mol. The molecule has 1 aliphatic rings. The number of carboxylic acids is 1. The molecule has 0 unspecified atom stereocenters. The molecule has 128 valence electrons. The molecule has 8 heteroatoms. The first-order valence-electron chi connectivity index (χ1n) is 7.77. The Balaban J connectivity index is 2.09. The number of carboxylic acid groups (broad SMARTS) is 1. The second kappa shape index (κ2) is 6.57. The monoisotopic (exact) mass is 325 g/mol. The minimum Gasteiger partial charge on any atom is -0.481 e. The number of piperidine rings is 1. The Hall–Kier alpha value is -2.09.